The van der Waals surface area contributed by atoms with E-state index in [1.807, 2.05) is 18.2 Å². The molecule has 240 valence electrons. The van der Waals surface area contributed by atoms with Crippen LogP contribution in [-0.2, 0) is 11.3 Å². The first-order valence-corrected chi connectivity index (χ1v) is 15.1. The van der Waals surface area contributed by atoms with E-state index in [4.69, 9.17) is 32.7 Å². The number of halogens is 2. The molecular weight excluding hydrogens is 649 g/mol. The Morgan fingerprint density at radius 3 is 2.60 bits per heavy atom. The number of benzene rings is 1. The summed E-state index contributed by atoms with van der Waals surface area (Å²) in [6.07, 6.45) is 3.64. The van der Waals surface area contributed by atoms with Crippen molar-refractivity contribution in [3.8, 4) is 45.3 Å². The maximum Gasteiger partial charge on any atom is 0.407 e. The zero-order valence-corrected chi connectivity index (χ0v) is 26.6. The third kappa shape index (κ3) is 6.27. The number of pyridine rings is 3. The van der Waals surface area contributed by atoms with Gasteiger partial charge in [0, 0.05) is 59.2 Å². The summed E-state index contributed by atoms with van der Waals surface area (Å²) in [7, 11) is 2.94. The Morgan fingerprint density at radius 1 is 1.11 bits per heavy atom. The molecule has 47 heavy (non-hydrogen) atoms. The lowest BCUT2D eigenvalue weighted by Gasteiger charge is -2.23. The van der Waals surface area contributed by atoms with Crippen LogP contribution < -0.4 is 14.8 Å². The van der Waals surface area contributed by atoms with Gasteiger partial charge in [-0.15, -0.1) is 5.10 Å². The van der Waals surface area contributed by atoms with Crippen LogP contribution in [0, 0.1) is 0 Å². The van der Waals surface area contributed by atoms with E-state index in [0.29, 0.717) is 79.8 Å². The maximum absolute atomic E-state index is 12.0. The van der Waals surface area contributed by atoms with Crippen LogP contribution in [-0.4, -0.2) is 79.7 Å². The molecule has 15 heteroatoms. The van der Waals surface area contributed by atoms with Crippen molar-refractivity contribution in [1.82, 2.24) is 34.8 Å². The SMILES string of the molecule is COc1nc(-c2cccc(-c3ccnc(-c4cc(OC)c5nc(C=O)nn5c4)c3Cl)c2Cl)ccc1CN(C[C@@H]1CCC(=O)N1)C(=O)O. The molecule has 6 rings (SSSR count). The smallest absolute Gasteiger partial charge is 0.407 e. The molecule has 13 nitrogen and oxygen atoms in total. The van der Waals surface area contributed by atoms with E-state index in [0.717, 1.165) is 0 Å². The van der Waals surface area contributed by atoms with Crippen LogP contribution in [0.5, 0.6) is 11.6 Å². The van der Waals surface area contributed by atoms with Gasteiger partial charge < -0.3 is 24.8 Å². The molecule has 1 aliphatic heterocycles. The summed E-state index contributed by atoms with van der Waals surface area (Å²) in [6, 6.07) is 12.2. The number of hydrogen-bond donors (Lipinski definition) is 2. The summed E-state index contributed by atoms with van der Waals surface area (Å²) in [6.45, 7) is 0.163. The minimum atomic E-state index is -1.12. The fourth-order valence-corrected chi connectivity index (χ4v) is 6.15. The topological polar surface area (TPSA) is 161 Å². The molecule has 1 aliphatic rings. The Bertz CT molecular complexity index is 2040. The summed E-state index contributed by atoms with van der Waals surface area (Å²) in [5.41, 5.74) is 4.25. The van der Waals surface area contributed by atoms with Crippen LogP contribution in [0.4, 0.5) is 4.79 Å². The number of methoxy groups -OCH3 is 2. The Kier molecular flexibility index (Phi) is 8.92. The summed E-state index contributed by atoms with van der Waals surface area (Å²) in [5.74, 6) is 0.542. The number of amides is 2. The van der Waals surface area contributed by atoms with E-state index in [1.165, 1.54) is 23.6 Å². The number of carbonyl (C=O) groups excluding carboxylic acids is 2. The van der Waals surface area contributed by atoms with Gasteiger partial charge in [0.25, 0.3) is 0 Å². The summed E-state index contributed by atoms with van der Waals surface area (Å²) in [5, 5.41) is 17.5. The van der Waals surface area contributed by atoms with Gasteiger partial charge in [-0.05, 0) is 30.7 Å². The lowest BCUT2D eigenvalue weighted by molar-refractivity contribution is -0.119. The fourth-order valence-electron chi connectivity index (χ4n) is 5.51. The second kappa shape index (κ2) is 13.2. The van der Waals surface area contributed by atoms with E-state index < -0.39 is 6.09 Å². The molecule has 5 heterocycles. The number of rotatable bonds is 10. The van der Waals surface area contributed by atoms with Crippen molar-refractivity contribution in [2.45, 2.75) is 25.4 Å². The van der Waals surface area contributed by atoms with E-state index in [-0.39, 0.29) is 36.7 Å². The Balaban J connectivity index is 1.33. The largest absolute Gasteiger partial charge is 0.493 e. The van der Waals surface area contributed by atoms with Gasteiger partial charge in [-0.3, -0.25) is 14.6 Å². The number of nitrogens with zero attached hydrogens (tertiary/aromatic N) is 6. The van der Waals surface area contributed by atoms with Gasteiger partial charge in [-0.2, -0.15) is 0 Å². The second-order valence-electron chi connectivity index (χ2n) is 10.7. The van der Waals surface area contributed by atoms with Crippen molar-refractivity contribution in [3.05, 3.63) is 76.3 Å². The zero-order valence-electron chi connectivity index (χ0n) is 25.1. The van der Waals surface area contributed by atoms with E-state index >= 15 is 0 Å². The lowest BCUT2D eigenvalue weighted by Crippen LogP contribution is -2.41. The molecule has 1 aromatic carbocycles. The van der Waals surface area contributed by atoms with E-state index in [9.17, 15) is 19.5 Å². The van der Waals surface area contributed by atoms with Crippen LogP contribution in [0.3, 0.4) is 0 Å². The minimum Gasteiger partial charge on any atom is -0.493 e. The number of fused-ring (bicyclic) bond motifs is 1. The number of carboxylic acid groups (broad SMARTS) is 1. The highest BCUT2D eigenvalue weighted by molar-refractivity contribution is 6.39. The van der Waals surface area contributed by atoms with Crippen LogP contribution in [0.2, 0.25) is 10.0 Å². The quantitative estimate of drug-likeness (QED) is 0.183. The number of aromatic nitrogens is 5. The Morgan fingerprint density at radius 2 is 1.89 bits per heavy atom. The second-order valence-corrected chi connectivity index (χ2v) is 11.4. The molecular formula is C32H27Cl2N7O6. The molecule has 0 bridgehead atoms. The highest BCUT2D eigenvalue weighted by Gasteiger charge is 2.26. The van der Waals surface area contributed by atoms with Gasteiger partial charge in [-0.25, -0.2) is 19.3 Å². The molecule has 1 fully saturated rings. The van der Waals surface area contributed by atoms with Crippen molar-refractivity contribution < 1.29 is 29.0 Å². The average molecular weight is 677 g/mol. The van der Waals surface area contributed by atoms with Crippen LogP contribution in [0.25, 0.3) is 39.3 Å². The number of aldehydes is 1. The van der Waals surface area contributed by atoms with Crippen molar-refractivity contribution in [2.75, 3.05) is 20.8 Å². The Labute approximate surface area is 278 Å². The number of hydrogen-bond acceptors (Lipinski definition) is 9. The molecule has 0 aliphatic carbocycles. The highest BCUT2D eigenvalue weighted by atomic mass is 35.5. The first-order chi connectivity index (χ1) is 22.7. The van der Waals surface area contributed by atoms with Crippen molar-refractivity contribution in [3.63, 3.8) is 0 Å². The average Bonchev–Trinajstić information content (AvgIpc) is 3.69. The summed E-state index contributed by atoms with van der Waals surface area (Å²) < 4.78 is 12.5. The molecule has 1 atom stereocenters. The van der Waals surface area contributed by atoms with E-state index in [2.05, 4.69) is 25.4 Å². The molecule has 0 saturated carbocycles. The first-order valence-electron chi connectivity index (χ1n) is 14.4. The van der Waals surface area contributed by atoms with E-state index in [1.54, 1.807) is 36.7 Å². The van der Waals surface area contributed by atoms with Crippen LogP contribution in [0.15, 0.2) is 54.9 Å². The zero-order chi connectivity index (χ0) is 33.2. The first kappa shape index (κ1) is 31.7. The van der Waals surface area contributed by atoms with Gasteiger partial charge in [0.1, 0.15) is 0 Å². The van der Waals surface area contributed by atoms with Crippen LogP contribution in [0.1, 0.15) is 29.0 Å². The van der Waals surface area contributed by atoms with Gasteiger partial charge in [0.2, 0.25) is 17.6 Å². The molecule has 5 aromatic rings. The number of ether oxygens (including phenoxy) is 2. The third-order valence-corrected chi connectivity index (χ3v) is 8.55. The fraction of sp³-hybridized carbons (Fsp3) is 0.219. The number of carbonyl (C=O) groups is 3. The molecule has 0 unspecified atom stereocenters. The normalized spacial score (nSPS) is 14.2. The monoisotopic (exact) mass is 675 g/mol. The molecule has 2 amide bonds. The van der Waals surface area contributed by atoms with Gasteiger partial charge >= 0.3 is 6.09 Å². The van der Waals surface area contributed by atoms with Gasteiger partial charge in [0.15, 0.2) is 17.7 Å². The summed E-state index contributed by atoms with van der Waals surface area (Å²) in [4.78, 5) is 49.4. The number of nitrogens with one attached hydrogen (secondary N) is 1. The molecule has 0 spiro atoms. The van der Waals surface area contributed by atoms with Crippen molar-refractivity contribution in [2.24, 2.45) is 0 Å². The predicted octanol–water partition coefficient (Wildman–Crippen LogP) is 5.42. The molecule has 0 radical (unpaired) electrons. The van der Waals surface area contributed by atoms with Crippen molar-refractivity contribution in [1.29, 1.82) is 0 Å². The summed E-state index contributed by atoms with van der Waals surface area (Å²) >= 11 is 14.0. The lowest BCUT2D eigenvalue weighted by atomic mass is 10.00. The predicted molar refractivity (Wildman–Crippen MR) is 173 cm³/mol. The minimum absolute atomic E-state index is 0.00778. The standard InChI is InChI=1S/C32H27Cl2N7O6/c1-46-24-12-18(14-41-30(24)38-25(16-42)39-41)29-28(34)21(10-11-35-29)20-4-3-5-22(27(20)33)23-8-6-17(31(37-23)47-2)13-40(32(44)45)15-19-7-9-26(43)36-19/h3-6,8,10-12,14,16,19H,7,9,13,15H2,1-2H3,(H,36,43)(H,44,45)/t19-/m0/s1. The third-order valence-electron chi connectivity index (χ3n) is 7.76. The Hall–Kier alpha value is -5.27. The van der Waals surface area contributed by atoms with Gasteiger partial charge in [0.05, 0.1) is 42.2 Å². The molecule has 2 N–H and O–H groups in total. The maximum atomic E-state index is 12.0. The van der Waals surface area contributed by atoms with Crippen molar-refractivity contribution >= 4 is 47.1 Å². The van der Waals surface area contributed by atoms with Gasteiger partial charge in [-0.1, -0.05) is 41.4 Å². The highest BCUT2D eigenvalue weighted by Crippen LogP contribution is 2.42. The molecule has 4 aromatic heterocycles. The molecule has 1 saturated heterocycles. The van der Waals surface area contributed by atoms with Crippen LogP contribution >= 0.6 is 23.2 Å².